The van der Waals surface area contributed by atoms with E-state index in [0.29, 0.717) is 45.6 Å². The van der Waals surface area contributed by atoms with E-state index in [1.807, 2.05) is 23.1 Å². The number of nitrogens with one attached hydrogen (secondary N) is 2. The number of benzene rings is 2. The number of imide groups is 2. The Morgan fingerprint density at radius 2 is 1.62 bits per heavy atom. The zero-order chi connectivity index (χ0) is 38.6. The van der Waals surface area contributed by atoms with Crippen LogP contribution in [0, 0.1) is 5.41 Å². The van der Waals surface area contributed by atoms with Gasteiger partial charge in [-0.3, -0.25) is 39.0 Å². The van der Waals surface area contributed by atoms with E-state index in [2.05, 4.69) is 60.6 Å². The second-order valence-electron chi connectivity index (χ2n) is 15.8. The highest BCUT2D eigenvalue weighted by Crippen LogP contribution is 2.44. The summed E-state index contributed by atoms with van der Waals surface area (Å²) >= 11 is 3.42. The highest BCUT2D eigenvalue weighted by atomic mass is 79.9. The fourth-order valence-corrected chi connectivity index (χ4v) is 9.72. The summed E-state index contributed by atoms with van der Waals surface area (Å²) in [7, 11) is 3.72. The molecule has 288 valence electrons. The standard InChI is InChI=1S/C40H45BrN8O6/c1-45-22-26(20-27(23-45)43-29-21-42-46(2)39(55)34(29)41)24-6-8-25(9-7-24)36(52)48-18-14-40(15-19-48)12-16-47(17-13-40)30-5-3-4-28-33(30)38(54)49(37(28)53)31-10-11-32(50)44-35(31)51/h3-9,21,26-27,31,43H,10-20,22-23H2,1-2H3,(H,44,50,51)/t26-,27+,31?/m1/s1. The van der Waals surface area contributed by atoms with Crippen LogP contribution in [-0.4, -0.2) is 112 Å². The van der Waals surface area contributed by atoms with Crippen LogP contribution in [0.4, 0.5) is 11.4 Å². The van der Waals surface area contributed by atoms with E-state index in [4.69, 9.17) is 0 Å². The molecule has 5 aliphatic rings. The molecule has 4 fully saturated rings. The second kappa shape index (κ2) is 14.6. The minimum atomic E-state index is -0.997. The number of rotatable bonds is 6. The van der Waals surface area contributed by atoms with Crippen molar-refractivity contribution < 1.29 is 24.0 Å². The largest absolute Gasteiger partial charge is 0.379 e. The lowest BCUT2D eigenvalue weighted by Crippen LogP contribution is -2.54. The first-order valence-electron chi connectivity index (χ1n) is 19.1. The van der Waals surface area contributed by atoms with Gasteiger partial charge < -0.3 is 20.0 Å². The van der Waals surface area contributed by atoms with Gasteiger partial charge in [-0.1, -0.05) is 18.2 Å². The summed E-state index contributed by atoms with van der Waals surface area (Å²) in [4.78, 5) is 84.8. The fraction of sp³-hybridized carbons (Fsp3) is 0.475. The number of fused-ring (bicyclic) bond motifs is 1. The van der Waals surface area contributed by atoms with Crippen LogP contribution in [0.3, 0.4) is 0 Å². The van der Waals surface area contributed by atoms with Gasteiger partial charge in [0.25, 0.3) is 23.3 Å². The number of carbonyl (C=O) groups is 5. The average Bonchev–Trinajstić information content (AvgIpc) is 3.44. The molecule has 8 rings (SSSR count). The molecular formula is C40H45BrN8O6. The molecular weight excluding hydrogens is 768 g/mol. The van der Waals surface area contributed by atoms with E-state index in [9.17, 15) is 28.8 Å². The molecule has 0 bridgehead atoms. The zero-order valence-electron chi connectivity index (χ0n) is 31.1. The van der Waals surface area contributed by atoms with Crippen LogP contribution >= 0.6 is 15.9 Å². The molecule has 5 aliphatic heterocycles. The first kappa shape index (κ1) is 37.1. The molecule has 14 nitrogen and oxygen atoms in total. The van der Waals surface area contributed by atoms with E-state index < -0.39 is 29.7 Å². The Balaban J connectivity index is 0.862. The Morgan fingerprint density at radius 1 is 0.909 bits per heavy atom. The van der Waals surface area contributed by atoms with Crippen LogP contribution in [0.5, 0.6) is 0 Å². The van der Waals surface area contributed by atoms with E-state index in [1.165, 1.54) is 10.2 Å². The molecule has 0 saturated carbocycles. The number of amides is 5. The maximum absolute atomic E-state index is 13.7. The number of nitrogens with zero attached hydrogens (tertiary/aromatic N) is 6. The minimum Gasteiger partial charge on any atom is -0.379 e. The third-order valence-electron chi connectivity index (χ3n) is 12.4. The van der Waals surface area contributed by atoms with Crippen molar-refractivity contribution in [1.29, 1.82) is 0 Å². The summed E-state index contributed by atoms with van der Waals surface area (Å²) < 4.78 is 1.77. The molecule has 2 N–H and O–H groups in total. The molecule has 1 aromatic heterocycles. The van der Waals surface area contributed by atoms with Crippen molar-refractivity contribution in [2.45, 2.75) is 62.9 Å². The van der Waals surface area contributed by atoms with Crippen molar-refractivity contribution in [3.63, 3.8) is 0 Å². The van der Waals surface area contributed by atoms with Crippen molar-refractivity contribution in [1.82, 2.24) is 29.8 Å². The number of halogens is 1. The summed E-state index contributed by atoms with van der Waals surface area (Å²) in [6.07, 6.45) is 6.38. The maximum atomic E-state index is 13.7. The van der Waals surface area contributed by atoms with Crippen LogP contribution in [0.25, 0.3) is 0 Å². The van der Waals surface area contributed by atoms with E-state index in [-0.39, 0.29) is 41.7 Å². The third-order valence-corrected chi connectivity index (χ3v) is 13.2. The van der Waals surface area contributed by atoms with Gasteiger partial charge in [0.1, 0.15) is 10.5 Å². The number of aryl methyl sites for hydroxylation is 1. The van der Waals surface area contributed by atoms with Gasteiger partial charge in [-0.05, 0) is 103 Å². The molecule has 0 aliphatic carbocycles. The number of carbonyl (C=O) groups excluding carboxylic acids is 5. The highest BCUT2D eigenvalue weighted by molar-refractivity contribution is 9.10. The summed E-state index contributed by atoms with van der Waals surface area (Å²) in [5, 5.41) is 9.93. The molecule has 1 unspecified atom stereocenters. The number of anilines is 2. The summed E-state index contributed by atoms with van der Waals surface area (Å²) in [6, 6.07) is 12.5. The lowest BCUT2D eigenvalue weighted by molar-refractivity contribution is -0.136. The van der Waals surface area contributed by atoms with Gasteiger partial charge in [-0.25, -0.2) is 4.68 Å². The number of hydrogen-bond acceptors (Lipinski definition) is 10. The molecule has 0 radical (unpaired) electrons. The van der Waals surface area contributed by atoms with Crippen molar-refractivity contribution in [2.75, 3.05) is 56.5 Å². The lowest BCUT2D eigenvalue weighted by atomic mass is 9.71. The van der Waals surface area contributed by atoms with Crippen molar-refractivity contribution in [2.24, 2.45) is 12.5 Å². The predicted molar refractivity (Wildman–Crippen MR) is 208 cm³/mol. The smallest absolute Gasteiger partial charge is 0.282 e. The Hall–Kier alpha value is -4.89. The second-order valence-corrected chi connectivity index (χ2v) is 16.6. The molecule has 6 heterocycles. The van der Waals surface area contributed by atoms with Crippen LogP contribution in [0.1, 0.15) is 87.5 Å². The van der Waals surface area contributed by atoms with E-state index >= 15 is 0 Å². The SMILES string of the molecule is CN1C[C@@H](Nc2cnn(C)c(=O)c2Br)C[C@@H](c2ccc(C(=O)N3CCC4(CC3)CCN(c3cccc5c3C(=O)N(C3CCC(=O)NC3=O)C5=O)CC4)cc2)C1. The summed E-state index contributed by atoms with van der Waals surface area (Å²) in [6.45, 7) is 4.54. The molecule has 1 spiro atoms. The quantitative estimate of drug-likeness (QED) is 0.354. The molecule has 15 heteroatoms. The monoisotopic (exact) mass is 812 g/mol. The number of aromatic nitrogens is 2. The van der Waals surface area contributed by atoms with Gasteiger partial charge in [-0.2, -0.15) is 5.10 Å². The molecule has 3 atom stereocenters. The minimum absolute atomic E-state index is 0.0470. The lowest BCUT2D eigenvalue weighted by Gasteiger charge is -2.47. The van der Waals surface area contributed by atoms with Crippen molar-refractivity contribution in [3.05, 3.63) is 85.7 Å². The Bertz CT molecular complexity index is 2120. The Morgan fingerprint density at radius 3 is 2.33 bits per heavy atom. The van der Waals surface area contributed by atoms with E-state index in [1.54, 1.807) is 25.4 Å². The fourth-order valence-electron chi connectivity index (χ4n) is 9.24. The maximum Gasteiger partial charge on any atom is 0.282 e. The van der Waals surface area contributed by atoms with Gasteiger partial charge in [0.15, 0.2) is 0 Å². The number of piperidine rings is 4. The Kier molecular flexibility index (Phi) is 9.86. The first-order valence-corrected chi connectivity index (χ1v) is 19.9. The number of likely N-dealkylation sites (N-methyl/N-ethyl adjacent to an activating group) is 1. The van der Waals surface area contributed by atoms with Crippen LogP contribution in [-0.2, 0) is 16.6 Å². The normalized spacial score (nSPS) is 24.3. The number of hydrogen-bond donors (Lipinski definition) is 2. The van der Waals surface area contributed by atoms with Crippen molar-refractivity contribution in [3.8, 4) is 0 Å². The third kappa shape index (κ3) is 6.96. The molecule has 4 saturated heterocycles. The molecule has 5 amide bonds. The van der Waals surface area contributed by atoms with Crippen LogP contribution < -0.4 is 21.1 Å². The van der Waals surface area contributed by atoms with Gasteiger partial charge in [0.05, 0.1) is 28.7 Å². The van der Waals surface area contributed by atoms with Gasteiger partial charge in [0, 0.05) is 64.3 Å². The van der Waals surface area contributed by atoms with Gasteiger partial charge >= 0.3 is 0 Å². The summed E-state index contributed by atoms with van der Waals surface area (Å²) in [5.41, 5.74) is 3.80. The highest BCUT2D eigenvalue weighted by Gasteiger charge is 2.47. The Labute approximate surface area is 327 Å². The first-order chi connectivity index (χ1) is 26.4. The van der Waals surface area contributed by atoms with Gasteiger partial charge in [-0.15, -0.1) is 0 Å². The summed E-state index contributed by atoms with van der Waals surface area (Å²) in [5.74, 6) is -1.68. The molecule has 2 aromatic carbocycles. The number of likely N-dealkylation sites (tertiary alicyclic amines) is 2. The van der Waals surface area contributed by atoms with Crippen molar-refractivity contribution >= 4 is 56.8 Å². The predicted octanol–water partition coefficient (Wildman–Crippen LogP) is 3.37. The van der Waals surface area contributed by atoms with Crippen LogP contribution in [0.2, 0.25) is 0 Å². The van der Waals surface area contributed by atoms with Crippen LogP contribution in [0.15, 0.2) is 57.9 Å². The molecule has 55 heavy (non-hydrogen) atoms. The van der Waals surface area contributed by atoms with Gasteiger partial charge in [0.2, 0.25) is 11.8 Å². The van der Waals surface area contributed by atoms with E-state index in [0.717, 1.165) is 63.2 Å². The topological polar surface area (TPSA) is 157 Å². The average molecular weight is 814 g/mol. The molecule has 3 aromatic rings. The zero-order valence-corrected chi connectivity index (χ0v) is 32.6.